The third-order valence-corrected chi connectivity index (χ3v) is 3.10. The largest absolute Gasteiger partial charge is 0.380 e. The molecule has 0 aliphatic heterocycles. The summed E-state index contributed by atoms with van der Waals surface area (Å²) in [5, 5.41) is 2.11. The van der Waals surface area contributed by atoms with Crippen LogP contribution in [0.2, 0.25) is 0 Å². The van der Waals surface area contributed by atoms with Gasteiger partial charge in [-0.05, 0) is 36.4 Å². The molecule has 0 saturated carbocycles. The molecule has 84 valence electrons. The molecule has 0 amide bonds. The molecule has 1 heterocycles. The lowest BCUT2D eigenvalue weighted by Crippen LogP contribution is -2.02. The van der Waals surface area contributed by atoms with Crippen LogP contribution in [0, 0.1) is 0 Å². The predicted octanol–water partition coefficient (Wildman–Crippen LogP) is 2.60. The predicted molar refractivity (Wildman–Crippen MR) is 66.3 cm³/mol. The summed E-state index contributed by atoms with van der Waals surface area (Å²) in [4.78, 5) is 1.40. The van der Waals surface area contributed by atoms with Crippen molar-refractivity contribution in [3.63, 3.8) is 0 Å². The fourth-order valence-corrected chi connectivity index (χ4v) is 2.09. The molecule has 2 N–H and O–H groups in total. The molecule has 0 spiro atoms. The van der Waals surface area contributed by atoms with Gasteiger partial charge in [0.15, 0.2) is 0 Å². The maximum absolute atomic E-state index is 5.50. The number of nitrogens with two attached hydrogens (primary N) is 1. The van der Waals surface area contributed by atoms with Crippen molar-refractivity contribution in [3.8, 4) is 0 Å². The molecule has 0 aliphatic carbocycles. The van der Waals surface area contributed by atoms with Crippen LogP contribution in [0.3, 0.4) is 0 Å². The minimum absolute atomic E-state index is 0.728. The van der Waals surface area contributed by atoms with Crippen molar-refractivity contribution in [3.05, 3.63) is 34.0 Å². The summed E-state index contributed by atoms with van der Waals surface area (Å²) in [6.45, 7) is 1.48. The van der Waals surface area contributed by atoms with Crippen molar-refractivity contribution >= 4 is 11.3 Å². The van der Waals surface area contributed by atoms with Crippen LogP contribution in [0.4, 0.5) is 0 Å². The number of methoxy groups -OCH3 is 1. The molecule has 0 radical (unpaired) electrons. The average Bonchev–Trinajstić information content (AvgIpc) is 2.75. The fraction of sp³-hybridized carbons (Fsp3) is 0.500. The van der Waals surface area contributed by atoms with Gasteiger partial charge >= 0.3 is 0 Å². The van der Waals surface area contributed by atoms with Crippen molar-refractivity contribution < 1.29 is 4.74 Å². The zero-order chi connectivity index (χ0) is 10.9. The van der Waals surface area contributed by atoms with Gasteiger partial charge in [0.25, 0.3) is 0 Å². The van der Waals surface area contributed by atoms with Crippen LogP contribution in [0.5, 0.6) is 0 Å². The van der Waals surface area contributed by atoms with Crippen LogP contribution in [0.1, 0.15) is 17.7 Å². The molecule has 0 unspecified atom stereocenters. The summed E-state index contributed by atoms with van der Waals surface area (Å²) >= 11 is 1.80. The van der Waals surface area contributed by atoms with Gasteiger partial charge in [-0.25, -0.2) is 0 Å². The second kappa shape index (κ2) is 7.63. The van der Waals surface area contributed by atoms with E-state index in [0.29, 0.717) is 0 Å². The first-order valence-electron chi connectivity index (χ1n) is 5.26. The normalized spacial score (nSPS) is 12.0. The van der Waals surface area contributed by atoms with E-state index >= 15 is 0 Å². The van der Waals surface area contributed by atoms with E-state index in [1.54, 1.807) is 18.4 Å². The molecule has 15 heavy (non-hydrogen) atoms. The van der Waals surface area contributed by atoms with Crippen LogP contribution < -0.4 is 5.73 Å². The maximum Gasteiger partial charge on any atom is 0.0673 e. The van der Waals surface area contributed by atoms with E-state index < -0.39 is 0 Å². The maximum atomic E-state index is 5.50. The molecule has 1 rings (SSSR count). The number of thiophene rings is 1. The smallest absolute Gasteiger partial charge is 0.0673 e. The lowest BCUT2D eigenvalue weighted by atomic mass is 10.1. The lowest BCUT2D eigenvalue weighted by molar-refractivity contribution is 0.222. The van der Waals surface area contributed by atoms with E-state index in [0.717, 1.165) is 32.4 Å². The molecular formula is C12H19NOS. The van der Waals surface area contributed by atoms with E-state index in [-0.39, 0.29) is 0 Å². The molecule has 0 aliphatic rings. The van der Waals surface area contributed by atoms with E-state index in [9.17, 15) is 0 Å². The van der Waals surface area contributed by atoms with Gasteiger partial charge in [0, 0.05) is 18.4 Å². The highest BCUT2D eigenvalue weighted by Gasteiger charge is 1.97. The number of rotatable bonds is 7. The molecule has 1 aromatic rings. The zero-order valence-corrected chi connectivity index (χ0v) is 10.1. The van der Waals surface area contributed by atoms with Gasteiger partial charge in [-0.1, -0.05) is 12.1 Å². The van der Waals surface area contributed by atoms with Crippen molar-refractivity contribution in [2.24, 2.45) is 5.73 Å². The minimum atomic E-state index is 0.728. The van der Waals surface area contributed by atoms with E-state index in [2.05, 4.69) is 23.6 Å². The average molecular weight is 225 g/mol. The number of allylic oxidation sites excluding steroid dienone is 1. The van der Waals surface area contributed by atoms with Gasteiger partial charge in [0.05, 0.1) is 6.61 Å². The topological polar surface area (TPSA) is 35.2 Å². The fourth-order valence-electron chi connectivity index (χ4n) is 1.42. The summed E-state index contributed by atoms with van der Waals surface area (Å²) in [5.41, 5.74) is 6.86. The first kappa shape index (κ1) is 12.4. The third-order valence-electron chi connectivity index (χ3n) is 2.20. The van der Waals surface area contributed by atoms with Crippen LogP contribution in [-0.2, 0) is 11.2 Å². The second-order valence-corrected chi connectivity index (χ2v) is 4.50. The standard InChI is InChI=1S/C12H19NOS/c1-14-10-11(4-2-8-13)6-7-12-5-3-9-15-12/h3,5-6,9H,2,4,7-8,10,13H2,1H3/b11-6+. The summed E-state index contributed by atoms with van der Waals surface area (Å²) in [7, 11) is 1.74. The van der Waals surface area contributed by atoms with E-state index in [1.807, 2.05) is 0 Å². The van der Waals surface area contributed by atoms with Crippen LogP contribution >= 0.6 is 11.3 Å². The first-order chi connectivity index (χ1) is 7.36. The minimum Gasteiger partial charge on any atom is -0.380 e. The highest BCUT2D eigenvalue weighted by Crippen LogP contribution is 2.12. The Kier molecular flexibility index (Phi) is 6.32. The molecule has 2 nitrogen and oxygen atoms in total. The zero-order valence-electron chi connectivity index (χ0n) is 9.24. The number of ether oxygens (including phenoxy) is 1. The highest BCUT2D eigenvalue weighted by atomic mass is 32.1. The second-order valence-electron chi connectivity index (χ2n) is 3.47. The first-order valence-corrected chi connectivity index (χ1v) is 6.14. The number of hydrogen-bond acceptors (Lipinski definition) is 3. The van der Waals surface area contributed by atoms with Crippen molar-refractivity contribution in [2.45, 2.75) is 19.3 Å². The Morgan fingerprint density at radius 3 is 3.07 bits per heavy atom. The number of hydrogen-bond donors (Lipinski definition) is 1. The van der Waals surface area contributed by atoms with Gasteiger partial charge < -0.3 is 10.5 Å². The molecule has 1 aromatic heterocycles. The van der Waals surface area contributed by atoms with E-state index in [4.69, 9.17) is 10.5 Å². The van der Waals surface area contributed by atoms with Gasteiger partial charge in [0.2, 0.25) is 0 Å². The molecule has 0 bridgehead atoms. The van der Waals surface area contributed by atoms with Crippen molar-refractivity contribution in [2.75, 3.05) is 20.3 Å². The van der Waals surface area contributed by atoms with Gasteiger partial charge in [-0.15, -0.1) is 11.3 Å². The molecule has 3 heteroatoms. The SMILES string of the molecule is COC/C(=C/Cc1cccs1)CCCN. The Morgan fingerprint density at radius 2 is 2.47 bits per heavy atom. The monoisotopic (exact) mass is 225 g/mol. The van der Waals surface area contributed by atoms with Crippen LogP contribution in [-0.4, -0.2) is 20.3 Å². The summed E-state index contributed by atoms with van der Waals surface area (Å²) in [6, 6.07) is 4.25. The molecular weight excluding hydrogens is 206 g/mol. The summed E-state index contributed by atoms with van der Waals surface area (Å²) in [6.07, 6.45) is 5.38. The summed E-state index contributed by atoms with van der Waals surface area (Å²) in [5.74, 6) is 0. The van der Waals surface area contributed by atoms with Gasteiger partial charge in [-0.2, -0.15) is 0 Å². The van der Waals surface area contributed by atoms with Gasteiger partial charge in [0.1, 0.15) is 0 Å². The molecule has 0 fully saturated rings. The Bertz CT molecular complexity index is 280. The highest BCUT2D eigenvalue weighted by molar-refractivity contribution is 7.09. The van der Waals surface area contributed by atoms with Crippen LogP contribution in [0.25, 0.3) is 0 Å². The molecule has 0 saturated heterocycles. The Hall–Kier alpha value is -0.640. The Balaban J connectivity index is 2.43. The Morgan fingerprint density at radius 1 is 1.60 bits per heavy atom. The Labute approximate surface area is 95.8 Å². The molecule has 0 atom stereocenters. The van der Waals surface area contributed by atoms with Crippen LogP contribution in [0.15, 0.2) is 29.2 Å². The van der Waals surface area contributed by atoms with Crippen molar-refractivity contribution in [1.82, 2.24) is 0 Å². The quantitative estimate of drug-likeness (QED) is 0.724. The van der Waals surface area contributed by atoms with Crippen molar-refractivity contribution in [1.29, 1.82) is 0 Å². The van der Waals surface area contributed by atoms with E-state index in [1.165, 1.54) is 10.5 Å². The van der Waals surface area contributed by atoms with Gasteiger partial charge in [-0.3, -0.25) is 0 Å². The lowest BCUT2D eigenvalue weighted by Gasteiger charge is -2.05. The summed E-state index contributed by atoms with van der Waals surface area (Å²) < 4.78 is 5.17. The third kappa shape index (κ3) is 5.11. The molecule has 0 aromatic carbocycles.